The highest BCUT2D eigenvalue weighted by molar-refractivity contribution is 5.51. The number of benzene rings is 1. The molecule has 2 rings (SSSR count). The Bertz CT molecular complexity index is 465. The molecule has 1 N–H and O–H groups in total. The van der Waals surface area contributed by atoms with Gasteiger partial charge in [0.25, 0.3) is 0 Å². The molecule has 4 heteroatoms. The van der Waals surface area contributed by atoms with Gasteiger partial charge in [0.15, 0.2) is 11.5 Å². The summed E-state index contributed by atoms with van der Waals surface area (Å²) in [6.07, 6.45) is 6.81. The maximum atomic E-state index is 5.79. The molecule has 0 unspecified atom stereocenters. The average molecular weight is 261 g/mol. The van der Waals surface area contributed by atoms with E-state index in [2.05, 4.69) is 18.2 Å². The van der Waals surface area contributed by atoms with E-state index in [0.29, 0.717) is 6.61 Å². The molecular weight excluding hydrogens is 242 g/mol. The number of ether oxygens (including phenoxy) is 3. The molecule has 0 saturated heterocycles. The van der Waals surface area contributed by atoms with Crippen molar-refractivity contribution in [2.45, 2.75) is 26.3 Å². The Hall–Kier alpha value is -1.86. The third-order valence-electron chi connectivity index (χ3n) is 2.84. The molecular formula is C15H19NO3. The third kappa shape index (κ3) is 3.55. The van der Waals surface area contributed by atoms with Crippen LogP contribution in [0, 0.1) is 12.3 Å². The van der Waals surface area contributed by atoms with Crippen LogP contribution < -0.4 is 19.5 Å². The molecule has 1 aliphatic rings. The normalized spacial score (nSPS) is 12.2. The molecule has 0 radical (unpaired) electrons. The minimum absolute atomic E-state index is 0.274. The molecule has 1 aromatic carbocycles. The van der Waals surface area contributed by atoms with Gasteiger partial charge >= 0.3 is 0 Å². The van der Waals surface area contributed by atoms with Crippen LogP contribution in [-0.4, -0.2) is 19.9 Å². The van der Waals surface area contributed by atoms with E-state index in [9.17, 15) is 0 Å². The molecule has 0 bridgehead atoms. The van der Waals surface area contributed by atoms with Gasteiger partial charge < -0.3 is 19.5 Å². The van der Waals surface area contributed by atoms with Crippen LogP contribution in [-0.2, 0) is 6.54 Å². The van der Waals surface area contributed by atoms with E-state index in [0.717, 1.165) is 48.7 Å². The van der Waals surface area contributed by atoms with E-state index in [1.807, 2.05) is 12.1 Å². The van der Waals surface area contributed by atoms with Crippen LogP contribution in [0.2, 0.25) is 0 Å². The standard InChI is InChI=1S/C15H19NO3/c1-3-5-6-7-17-13-9-15-14(18-11-19-15)8-12(13)10-16-4-2/h1,8-9,16H,4-7,10-11H2,2H3. The molecule has 0 fully saturated rings. The Morgan fingerprint density at radius 1 is 1.37 bits per heavy atom. The lowest BCUT2D eigenvalue weighted by atomic mass is 10.1. The van der Waals surface area contributed by atoms with Gasteiger partial charge in [0.05, 0.1) is 6.61 Å². The molecule has 1 aromatic rings. The molecule has 4 nitrogen and oxygen atoms in total. The van der Waals surface area contributed by atoms with Crippen molar-refractivity contribution in [3.05, 3.63) is 17.7 Å². The number of hydrogen-bond acceptors (Lipinski definition) is 4. The second-order valence-electron chi connectivity index (χ2n) is 4.25. The Balaban J connectivity index is 2.07. The van der Waals surface area contributed by atoms with Gasteiger partial charge in [-0.25, -0.2) is 0 Å². The highest BCUT2D eigenvalue weighted by Gasteiger charge is 2.17. The zero-order valence-electron chi connectivity index (χ0n) is 11.2. The zero-order chi connectivity index (χ0) is 13.5. The van der Waals surface area contributed by atoms with Crippen LogP contribution in [0.4, 0.5) is 0 Å². The quantitative estimate of drug-likeness (QED) is 0.604. The highest BCUT2D eigenvalue weighted by atomic mass is 16.7. The SMILES string of the molecule is C#CCCCOc1cc2c(cc1CNCC)OCO2. The van der Waals surface area contributed by atoms with Crippen LogP contribution in [0.1, 0.15) is 25.3 Å². The molecule has 0 atom stereocenters. The van der Waals surface area contributed by atoms with Gasteiger partial charge in [0, 0.05) is 24.6 Å². The summed E-state index contributed by atoms with van der Waals surface area (Å²) < 4.78 is 16.5. The summed E-state index contributed by atoms with van der Waals surface area (Å²) in [7, 11) is 0. The summed E-state index contributed by atoms with van der Waals surface area (Å²) in [6.45, 7) is 4.61. The van der Waals surface area contributed by atoms with Crippen molar-refractivity contribution < 1.29 is 14.2 Å². The van der Waals surface area contributed by atoms with Crippen molar-refractivity contribution in [3.8, 4) is 29.6 Å². The van der Waals surface area contributed by atoms with Crippen molar-refractivity contribution in [1.82, 2.24) is 5.32 Å². The summed E-state index contributed by atoms with van der Waals surface area (Å²) in [5.74, 6) is 4.97. The average Bonchev–Trinajstić information content (AvgIpc) is 2.88. The fourth-order valence-electron chi connectivity index (χ4n) is 1.85. The first-order chi connectivity index (χ1) is 9.35. The molecule has 19 heavy (non-hydrogen) atoms. The predicted octanol–water partition coefficient (Wildman–Crippen LogP) is 2.32. The fourth-order valence-corrected chi connectivity index (χ4v) is 1.85. The Labute approximate surface area is 114 Å². The number of fused-ring (bicyclic) bond motifs is 1. The van der Waals surface area contributed by atoms with Crippen LogP contribution in [0.5, 0.6) is 17.2 Å². The minimum atomic E-state index is 0.274. The maximum Gasteiger partial charge on any atom is 0.231 e. The van der Waals surface area contributed by atoms with E-state index in [1.54, 1.807) is 0 Å². The molecule has 0 spiro atoms. The summed E-state index contributed by atoms with van der Waals surface area (Å²) in [6, 6.07) is 3.87. The number of unbranched alkanes of at least 4 members (excludes halogenated alkanes) is 1. The molecule has 1 heterocycles. The first-order valence-corrected chi connectivity index (χ1v) is 6.54. The van der Waals surface area contributed by atoms with Gasteiger partial charge in [0.2, 0.25) is 6.79 Å². The summed E-state index contributed by atoms with van der Waals surface area (Å²) in [4.78, 5) is 0. The lowest BCUT2D eigenvalue weighted by Crippen LogP contribution is -2.13. The molecule has 0 amide bonds. The maximum absolute atomic E-state index is 5.79. The van der Waals surface area contributed by atoms with E-state index < -0.39 is 0 Å². The van der Waals surface area contributed by atoms with Crippen LogP contribution in [0.15, 0.2) is 12.1 Å². The van der Waals surface area contributed by atoms with Crippen molar-refractivity contribution in [2.75, 3.05) is 19.9 Å². The van der Waals surface area contributed by atoms with E-state index in [4.69, 9.17) is 20.6 Å². The topological polar surface area (TPSA) is 39.7 Å². The van der Waals surface area contributed by atoms with Crippen molar-refractivity contribution in [2.24, 2.45) is 0 Å². The van der Waals surface area contributed by atoms with Gasteiger partial charge in [-0.2, -0.15) is 0 Å². The van der Waals surface area contributed by atoms with Gasteiger partial charge in [-0.05, 0) is 19.0 Å². The number of terminal acetylenes is 1. The van der Waals surface area contributed by atoms with E-state index in [1.165, 1.54) is 0 Å². The highest BCUT2D eigenvalue weighted by Crippen LogP contribution is 2.38. The third-order valence-corrected chi connectivity index (χ3v) is 2.84. The molecule has 0 aliphatic carbocycles. The summed E-state index contributed by atoms with van der Waals surface area (Å²) >= 11 is 0. The van der Waals surface area contributed by atoms with E-state index in [-0.39, 0.29) is 6.79 Å². The lowest BCUT2D eigenvalue weighted by molar-refractivity contribution is 0.173. The first kappa shape index (κ1) is 13.6. The monoisotopic (exact) mass is 261 g/mol. The second-order valence-corrected chi connectivity index (χ2v) is 4.25. The largest absolute Gasteiger partial charge is 0.493 e. The molecule has 102 valence electrons. The number of hydrogen-bond donors (Lipinski definition) is 1. The number of nitrogens with one attached hydrogen (secondary N) is 1. The molecule has 1 aliphatic heterocycles. The van der Waals surface area contributed by atoms with Gasteiger partial charge in [-0.1, -0.05) is 6.92 Å². The Kier molecular flexibility index (Phi) is 4.93. The fraction of sp³-hybridized carbons (Fsp3) is 0.467. The van der Waals surface area contributed by atoms with Crippen molar-refractivity contribution >= 4 is 0 Å². The van der Waals surface area contributed by atoms with Crippen LogP contribution in [0.3, 0.4) is 0 Å². The Morgan fingerprint density at radius 3 is 2.89 bits per heavy atom. The summed E-state index contributed by atoms with van der Waals surface area (Å²) in [5.41, 5.74) is 1.08. The van der Waals surface area contributed by atoms with Gasteiger partial charge in [0.1, 0.15) is 5.75 Å². The zero-order valence-corrected chi connectivity index (χ0v) is 11.2. The summed E-state index contributed by atoms with van der Waals surface area (Å²) in [5, 5.41) is 3.29. The van der Waals surface area contributed by atoms with Crippen LogP contribution in [0.25, 0.3) is 0 Å². The smallest absolute Gasteiger partial charge is 0.231 e. The minimum Gasteiger partial charge on any atom is -0.493 e. The van der Waals surface area contributed by atoms with Gasteiger partial charge in [-0.15, -0.1) is 12.3 Å². The lowest BCUT2D eigenvalue weighted by Gasteiger charge is -2.12. The molecule has 0 saturated carbocycles. The second kappa shape index (κ2) is 6.91. The molecule has 0 aromatic heterocycles. The number of rotatable bonds is 7. The van der Waals surface area contributed by atoms with E-state index >= 15 is 0 Å². The van der Waals surface area contributed by atoms with Crippen molar-refractivity contribution in [1.29, 1.82) is 0 Å². The van der Waals surface area contributed by atoms with Gasteiger partial charge in [-0.3, -0.25) is 0 Å². The predicted molar refractivity (Wildman–Crippen MR) is 73.5 cm³/mol. The first-order valence-electron chi connectivity index (χ1n) is 6.54. The van der Waals surface area contributed by atoms with Crippen LogP contribution >= 0.6 is 0 Å². The Morgan fingerprint density at radius 2 is 2.16 bits per heavy atom. The van der Waals surface area contributed by atoms with Crippen molar-refractivity contribution in [3.63, 3.8) is 0 Å².